The Kier molecular flexibility index (Phi) is 7.83. The summed E-state index contributed by atoms with van der Waals surface area (Å²) in [4.78, 5) is 22.1. The normalized spacial score (nSPS) is 24.3. The summed E-state index contributed by atoms with van der Waals surface area (Å²) in [7, 11) is 1.64. The Morgan fingerprint density at radius 1 is 1.09 bits per heavy atom. The molecule has 1 N–H and O–H groups in total. The van der Waals surface area contributed by atoms with Gasteiger partial charge in [0, 0.05) is 56.9 Å². The van der Waals surface area contributed by atoms with Gasteiger partial charge in [-0.3, -0.25) is 9.69 Å². The standard InChI is InChI=1S/C26H37N5O4/c1-33-23-6-4-20(5-7-23)24-28-26(35-29-24)30-13-9-21(10-14-30)25(32)27-17-19-8-12-31(18-19)22-3-2-15-34-16-11-22/h4-7,19,21-22H,2-3,8-18H2,1H3,(H,27,32). The first kappa shape index (κ1) is 24.1. The number of amides is 1. The van der Waals surface area contributed by atoms with Crippen molar-refractivity contribution in [2.45, 2.75) is 44.6 Å². The number of anilines is 1. The van der Waals surface area contributed by atoms with Gasteiger partial charge in [0.15, 0.2) is 0 Å². The molecule has 2 unspecified atom stereocenters. The lowest BCUT2D eigenvalue weighted by Crippen LogP contribution is -2.42. The van der Waals surface area contributed by atoms with Crippen LogP contribution in [0.3, 0.4) is 0 Å². The maximum absolute atomic E-state index is 12.8. The van der Waals surface area contributed by atoms with Crippen LogP contribution in [0.15, 0.2) is 28.8 Å². The molecule has 3 saturated heterocycles. The molecule has 0 radical (unpaired) electrons. The number of ether oxygens (including phenoxy) is 2. The van der Waals surface area contributed by atoms with E-state index < -0.39 is 0 Å². The maximum atomic E-state index is 12.8. The molecule has 0 aliphatic carbocycles. The number of piperidine rings is 1. The van der Waals surface area contributed by atoms with Gasteiger partial charge in [-0.05, 0) is 75.3 Å². The quantitative estimate of drug-likeness (QED) is 0.643. The van der Waals surface area contributed by atoms with Gasteiger partial charge in [0.25, 0.3) is 0 Å². The van der Waals surface area contributed by atoms with E-state index in [0.717, 1.165) is 82.9 Å². The molecule has 2 aromatic rings. The average molecular weight is 484 g/mol. The van der Waals surface area contributed by atoms with Crippen molar-refractivity contribution >= 4 is 11.9 Å². The molecule has 3 aliphatic rings. The molecule has 35 heavy (non-hydrogen) atoms. The second-order valence-corrected chi connectivity index (χ2v) is 9.98. The van der Waals surface area contributed by atoms with Crippen molar-refractivity contribution in [3.05, 3.63) is 24.3 Å². The van der Waals surface area contributed by atoms with Gasteiger partial charge in [-0.1, -0.05) is 5.16 Å². The SMILES string of the molecule is COc1ccc(-c2noc(N3CCC(C(=O)NCC4CCN(C5CCCOCC5)C4)CC3)n2)cc1. The van der Waals surface area contributed by atoms with Crippen LogP contribution < -0.4 is 15.0 Å². The Balaban J connectivity index is 1.05. The van der Waals surface area contributed by atoms with E-state index in [-0.39, 0.29) is 11.8 Å². The van der Waals surface area contributed by atoms with Gasteiger partial charge < -0.3 is 24.2 Å². The number of carbonyl (C=O) groups is 1. The molecule has 2 atom stereocenters. The molecule has 0 bridgehead atoms. The number of aromatic nitrogens is 2. The molecule has 9 nitrogen and oxygen atoms in total. The molecule has 4 heterocycles. The summed E-state index contributed by atoms with van der Waals surface area (Å²) in [6, 6.07) is 8.76. The number of hydrogen-bond donors (Lipinski definition) is 1. The molecule has 9 heteroatoms. The summed E-state index contributed by atoms with van der Waals surface area (Å²) in [5.74, 6) is 2.14. The van der Waals surface area contributed by atoms with Crippen LogP contribution in [-0.2, 0) is 9.53 Å². The first-order valence-electron chi connectivity index (χ1n) is 13.0. The highest BCUT2D eigenvalue weighted by Crippen LogP contribution is 2.27. The smallest absolute Gasteiger partial charge is 0.324 e. The van der Waals surface area contributed by atoms with Crippen LogP contribution in [0.4, 0.5) is 6.01 Å². The fraction of sp³-hybridized carbons (Fsp3) is 0.654. The molecule has 1 aromatic heterocycles. The Labute approximate surface area is 207 Å². The molecule has 1 aromatic carbocycles. The number of benzene rings is 1. The zero-order valence-corrected chi connectivity index (χ0v) is 20.7. The largest absolute Gasteiger partial charge is 0.497 e. The summed E-state index contributed by atoms with van der Waals surface area (Å²) < 4.78 is 16.3. The van der Waals surface area contributed by atoms with Gasteiger partial charge in [-0.2, -0.15) is 4.98 Å². The van der Waals surface area contributed by atoms with Crippen molar-refractivity contribution in [1.82, 2.24) is 20.4 Å². The van der Waals surface area contributed by atoms with Crippen LogP contribution in [-0.4, -0.2) is 80.0 Å². The van der Waals surface area contributed by atoms with Crippen LogP contribution in [0.5, 0.6) is 5.75 Å². The molecule has 1 amide bonds. The zero-order valence-electron chi connectivity index (χ0n) is 20.7. The van der Waals surface area contributed by atoms with E-state index >= 15 is 0 Å². The van der Waals surface area contributed by atoms with Crippen molar-refractivity contribution in [3.8, 4) is 17.1 Å². The molecule has 5 rings (SSSR count). The lowest BCUT2D eigenvalue weighted by atomic mass is 9.96. The minimum Gasteiger partial charge on any atom is -0.497 e. The molecule has 3 aliphatic heterocycles. The van der Waals surface area contributed by atoms with Crippen LogP contribution in [0.25, 0.3) is 11.4 Å². The summed E-state index contributed by atoms with van der Waals surface area (Å²) in [6.45, 7) is 6.29. The fourth-order valence-electron chi connectivity index (χ4n) is 5.54. The Morgan fingerprint density at radius 2 is 1.91 bits per heavy atom. The van der Waals surface area contributed by atoms with Crippen molar-refractivity contribution in [1.29, 1.82) is 0 Å². The Hall–Kier alpha value is -2.65. The van der Waals surface area contributed by atoms with Crippen molar-refractivity contribution in [3.63, 3.8) is 0 Å². The first-order chi connectivity index (χ1) is 17.2. The number of nitrogens with one attached hydrogen (secondary N) is 1. The lowest BCUT2D eigenvalue weighted by Gasteiger charge is -2.30. The topological polar surface area (TPSA) is 93.0 Å². The second kappa shape index (κ2) is 11.4. The van der Waals surface area contributed by atoms with Gasteiger partial charge in [0.05, 0.1) is 7.11 Å². The van der Waals surface area contributed by atoms with Crippen molar-refractivity contribution < 1.29 is 18.8 Å². The van der Waals surface area contributed by atoms with Gasteiger partial charge in [0.1, 0.15) is 5.75 Å². The minimum atomic E-state index is 0.0479. The minimum absolute atomic E-state index is 0.0479. The Bertz CT molecular complexity index is 949. The molecule has 0 spiro atoms. The van der Waals surface area contributed by atoms with Crippen molar-refractivity contribution in [2.75, 3.05) is 57.9 Å². The average Bonchev–Trinajstić information content (AvgIpc) is 3.51. The van der Waals surface area contributed by atoms with E-state index in [1.165, 1.54) is 12.8 Å². The Morgan fingerprint density at radius 3 is 2.71 bits per heavy atom. The number of rotatable bonds is 7. The second-order valence-electron chi connectivity index (χ2n) is 9.98. The predicted molar refractivity (Wildman–Crippen MR) is 132 cm³/mol. The highest BCUT2D eigenvalue weighted by atomic mass is 16.5. The molecular formula is C26H37N5O4. The van der Waals surface area contributed by atoms with Crippen LogP contribution in [0.1, 0.15) is 38.5 Å². The number of methoxy groups -OCH3 is 1. The summed E-state index contributed by atoms with van der Waals surface area (Å²) >= 11 is 0. The third-order valence-corrected chi connectivity index (χ3v) is 7.72. The van der Waals surface area contributed by atoms with Gasteiger partial charge in [-0.25, -0.2) is 0 Å². The maximum Gasteiger partial charge on any atom is 0.324 e. The van der Waals surface area contributed by atoms with E-state index in [2.05, 4.69) is 25.3 Å². The summed E-state index contributed by atoms with van der Waals surface area (Å²) in [5, 5.41) is 7.38. The number of likely N-dealkylation sites (tertiary alicyclic amines) is 1. The molecule has 0 saturated carbocycles. The van der Waals surface area contributed by atoms with E-state index in [9.17, 15) is 4.79 Å². The summed E-state index contributed by atoms with van der Waals surface area (Å²) in [5.41, 5.74) is 0.882. The van der Waals surface area contributed by atoms with E-state index in [1.54, 1.807) is 7.11 Å². The fourth-order valence-corrected chi connectivity index (χ4v) is 5.54. The summed E-state index contributed by atoms with van der Waals surface area (Å²) in [6.07, 6.45) is 6.30. The zero-order chi connectivity index (χ0) is 24.0. The van der Waals surface area contributed by atoms with Gasteiger partial charge in [-0.15, -0.1) is 0 Å². The van der Waals surface area contributed by atoms with Gasteiger partial charge in [0.2, 0.25) is 11.7 Å². The first-order valence-corrected chi connectivity index (χ1v) is 13.0. The van der Waals surface area contributed by atoms with Crippen molar-refractivity contribution in [2.24, 2.45) is 11.8 Å². The third-order valence-electron chi connectivity index (χ3n) is 7.72. The number of carbonyl (C=O) groups excluding carboxylic acids is 1. The van der Waals surface area contributed by atoms with Crippen LogP contribution >= 0.6 is 0 Å². The lowest BCUT2D eigenvalue weighted by molar-refractivity contribution is -0.125. The monoisotopic (exact) mass is 483 g/mol. The number of nitrogens with zero attached hydrogens (tertiary/aromatic N) is 4. The van der Waals surface area contributed by atoms with E-state index in [0.29, 0.717) is 23.8 Å². The highest BCUT2D eigenvalue weighted by molar-refractivity contribution is 5.79. The third kappa shape index (κ3) is 5.95. The molecule has 190 valence electrons. The highest BCUT2D eigenvalue weighted by Gasteiger charge is 2.31. The molecular weight excluding hydrogens is 446 g/mol. The predicted octanol–water partition coefficient (Wildman–Crippen LogP) is 2.97. The van der Waals surface area contributed by atoms with Crippen LogP contribution in [0, 0.1) is 11.8 Å². The number of hydrogen-bond acceptors (Lipinski definition) is 8. The van der Waals surface area contributed by atoms with Crippen LogP contribution in [0.2, 0.25) is 0 Å². The van der Waals surface area contributed by atoms with Gasteiger partial charge >= 0.3 is 6.01 Å². The molecule has 3 fully saturated rings. The van der Waals surface area contributed by atoms with E-state index in [4.69, 9.17) is 14.0 Å². The van der Waals surface area contributed by atoms with E-state index in [1.807, 2.05) is 24.3 Å².